The van der Waals surface area contributed by atoms with E-state index >= 15 is 0 Å². The maximum atomic E-state index is 13.5. The molecule has 0 unspecified atom stereocenters. The molecule has 1 fully saturated rings. The smallest absolute Gasteiger partial charge is 0.152 e. The second kappa shape index (κ2) is 3.39. The molecule has 4 heteroatoms. The molecule has 1 aliphatic rings. The van der Waals surface area contributed by atoms with E-state index in [0.717, 1.165) is 24.6 Å². The Morgan fingerprint density at radius 2 is 1.94 bits per heavy atom. The minimum Gasteiger partial charge on any atom is -0.249 e. The van der Waals surface area contributed by atoms with Gasteiger partial charge in [0.05, 0.1) is 5.02 Å². The van der Waals surface area contributed by atoms with Gasteiger partial charge in [-0.05, 0) is 25.0 Å². The summed E-state index contributed by atoms with van der Waals surface area (Å²) in [6.07, 6.45) is 2.13. The largest absolute Gasteiger partial charge is 0.249 e. The van der Waals surface area contributed by atoms with Crippen molar-refractivity contribution in [3.05, 3.63) is 40.6 Å². The zero-order chi connectivity index (χ0) is 11.3. The average molecular weight is 240 g/mol. The molecule has 82 valence electrons. The van der Waals surface area contributed by atoms with E-state index in [-0.39, 0.29) is 5.52 Å². The summed E-state index contributed by atoms with van der Waals surface area (Å²) in [6, 6.07) is 3.76. The molecule has 0 saturated heterocycles. The second-order valence-corrected chi connectivity index (χ2v) is 4.49. The van der Waals surface area contributed by atoms with Gasteiger partial charge in [-0.2, -0.15) is 0 Å². The molecule has 0 spiro atoms. The van der Waals surface area contributed by atoms with Crippen molar-refractivity contribution in [2.45, 2.75) is 18.8 Å². The van der Waals surface area contributed by atoms with Crippen LogP contribution < -0.4 is 0 Å². The molecule has 1 aromatic heterocycles. The molecular formula is C12H8ClF2N. The van der Waals surface area contributed by atoms with E-state index in [1.165, 1.54) is 6.07 Å². The predicted molar refractivity (Wildman–Crippen MR) is 58.6 cm³/mol. The number of aromatic nitrogens is 1. The fourth-order valence-electron chi connectivity index (χ4n) is 1.82. The van der Waals surface area contributed by atoms with Crippen molar-refractivity contribution in [3.63, 3.8) is 0 Å². The number of benzene rings is 1. The van der Waals surface area contributed by atoms with Gasteiger partial charge >= 0.3 is 0 Å². The number of pyridine rings is 1. The van der Waals surface area contributed by atoms with Crippen molar-refractivity contribution >= 4 is 22.5 Å². The van der Waals surface area contributed by atoms with E-state index in [9.17, 15) is 8.78 Å². The Morgan fingerprint density at radius 3 is 2.62 bits per heavy atom. The van der Waals surface area contributed by atoms with Crippen molar-refractivity contribution < 1.29 is 8.78 Å². The van der Waals surface area contributed by atoms with Gasteiger partial charge in [-0.15, -0.1) is 0 Å². The van der Waals surface area contributed by atoms with Crippen LogP contribution in [-0.4, -0.2) is 4.98 Å². The highest BCUT2D eigenvalue weighted by Crippen LogP contribution is 2.41. The van der Waals surface area contributed by atoms with Crippen LogP contribution in [0.15, 0.2) is 18.2 Å². The molecule has 1 nitrogen and oxygen atoms in total. The number of hydrogen-bond donors (Lipinski definition) is 0. The lowest BCUT2D eigenvalue weighted by atomic mass is 10.1. The number of rotatable bonds is 1. The quantitative estimate of drug-likeness (QED) is 0.732. The summed E-state index contributed by atoms with van der Waals surface area (Å²) in [6.45, 7) is 0. The van der Waals surface area contributed by atoms with Crippen LogP contribution in [-0.2, 0) is 0 Å². The Kier molecular flexibility index (Phi) is 2.11. The third kappa shape index (κ3) is 1.55. The molecule has 1 aromatic carbocycles. The van der Waals surface area contributed by atoms with Crippen LogP contribution in [0.25, 0.3) is 10.9 Å². The van der Waals surface area contributed by atoms with Crippen molar-refractivity contribution in [2.75, 3.05) is 0 Å². The number of halogens is 3. The highest BCUT2D eigenvalue weighted by molar-refractivity contribution is 6.35. The topological polar surface area (TPSA) is 12.9 Å². The van der Waals surface area contributed by atoms with E-state index in [1.807, 2.05) is 0 Å². The lowest BCUT2D eigenvalue weighted by Crippen LogP contribution is -1.93. The fourth-order valence-corrected chi connectivity index (χ4v) is 2.07. The number of hydrogen-bond acceptors (Lipinski definition) is 1. The van der Waals surface area contributed by atoms with Crippen molar-refractivity contribution in [3.8, 4) is 0 Å². The summed E-state index contributed by atoms with van der Waals surface area (Å²) in [4.78, 5) is 4.21. The molecule has 1 heterocycles. The summed E-state index contributed by atoms with van der Waals surface area (Å²) in [5.74, 6) is -0.890. The van der Waals surface area contributed by atoms with Crippen LogP contribution in [0, 0.1) is 11.6 Å². The van der Waals surface area contributed by atoms with Crippen LogP contribution in [0.4, 0.5) is 8.78 Å². The van der Waals surface area contributed by atoms with E-state index in [2.05, 4.69) is 4.98 Å². The normalized spacial score (nSPS) is 15.7. The average Bonchev–Trinajstić information content (AvgIpc) is 3.02. The van der Waals surface area contributed by atoms with Gasteiger partial charge in [-0.3, -0.25) is 0 Å². The van der Waals surface area contributed by atoms with Crippen molar-refractivity contribution in [1.29, 1.82) is 0 Å². The molecule has 0 radical (unpaired) electrons. The van der Waals surface area contributed by atoms with Crippen LogP contribution in [0.5, 0.6) is 0 Å². The Balaban J connectivity index is 2.32. The van der Waals surface area contributed by atoms with Gasteiger partial charge in [0.15, 0.2) is 5.82 Å². The van der Waals surface area contributed by atoms with E-state index in [0.29, 0.717) is 16.3 Å². The number of nitrogens with zero attached hydrogens (tertiary/aromatic N) is 1. The van der Waals surface area contributed by atoms with Crippen molar-refractivity contribution in [2.24, 2.45) is 0 Å². The highest BCUT2D eigenvalue weighted by Gasteiger charge is 2.26. The van der Waals surface area contributed by atoms with Crippen LogP contribution in [0.2, 0.25) is 5.02 Å². The molecule has 0 aliphatic heterocycles. The van der Waals surface area contributed by atoms with Gasteiger partial charge in [0.25, 0.3) is 0 Å². The minimum absolute atomic E-state index is 0.163. The van der Waals surface area contributed by atoms with Crippen LogP contribution in [0.3, 0.4) is 0 Å². The lowest BCUT2D eigenvalue weighted by molar-refractivity contribution is 0.590. The molecule has 1 saturated carbocycles. The molecule has 0 atom stereocenters. The number of fused-ring (bicyclic) bond motifs is 1. The molecule has 1 aliphatic carbocycles. The highest BCUT2D eigenvalue weighted by atomic mass is 35.5. The van der Waals surface area contributed by atoms with E-state index < -0.39 is 11.6 Å². The second-order valence-electron chi connectivity index (χ2n) is 4.09. The zero-order valence-corrected chi connectivity index (χ0v) is 9.06. The predicted octanol–water partition coefficient (Wildman–Crippen LogP) is 4.04. The maximum Gasteiger partial charge on any atom is 0.152 e. The Labute approximate surface area is 96.1 Å². The maximum absolute atomic E-state index is 13.5. The van der Waals surface area contributed by atoms with Crippen LogP contribution >= 0.6 is 11.6 Å². The van der Waals surface area contributed by atoms with Gasteiger partial charge in [0, 0.05) is 23.1 Å². The van der Waals surface area contributed by atoms with E-state index in [4.69, 9.17) is 11.6 Å². The minimum atomic E-state index is -0.653. The van der Waals surface area contributed by atoms with Crippen molar-refractivity contribution in [1.82, 2.24) is 4.98 Å². The van der Waals surface area contributed by atoms with Gasteiger partial charge in [-0.1, -0.05) is 11.6 Å². The molecule has 0 amide bonds. The third-order valence-electron chi connectivity index (χ3n) is 2.80. The van der Waals surface area contributed by atoms with E-state index in [1.54, 1.807) is 6.07 Å². The molecule has 16 heavy (non-hydrogen) atoms. The third-order valence-corrected chi connectivity index (χ3v) is 3.11. The Morgan fingerprint density at radius 1 is 1.19 bits per heavy atom. The van der Waals surface area contributed by atoms with Gasteiger partial charge in [0.1, 0.15) is 11.3 Å². The first-order valence-electron chi connectivity index (χ1n) is 5.10. The van der Waals surface area contributed by atoms with Crippen LogP contribution in [0.1, 0.15) is 24.5 Å². The summed E-state index contributed by atoms with van der Waals surface area (Å²) < 4.78 is 26.6. The first-order valence-corrected chi connectivity index (χ1v) is 5.48. The van der Waals surface area contributed by atoms with Gasteiger partial charge in [-0.25, -0.2) is 13.8 Å². The monoisotopic (exact) mass is 239 g/mol. The standard InChI is InChI=1S/C12H8ClF2N/c13-9-5-11(6-1-2-6)16-12-8(9)3-7(14)4-10(12)15/h3-6H,1-2H2. The first kappa shape index (κ1) is 9.97. The van der Waals surface area contributed by atoms with Gasteiger partial charge < -0.3 is 0 Å². The molecule has 0 N–H and O–H groups in total. The summed E-state index contributed by atoms with van der Waals surface area (Å²) in [5, 5.41) is 0.703. The molecule has 0 bridgehead atoms. The molecule has 3 rings (SSSR count). The Bertz CT molecular complexity index is 579. The first-order chi connectivity index (χ1) is 7.65. The lowest BCUT2D eigenvalue weighted by Gasteiger charge is -2.05. The van der Waals surface area contributed by atoms with Gasteiger partial charge in [0.2, 0.25) is 0 Å². The molecular weight excluding hydrogens is 232 g/mol. The summed E-state index contributed by atoms with van der Waals surface area (Å²) >= 11 is 6.00. The summed E-state index contributed by atoms with van der Waals surface area (Å²) in [5.41, 5.74) is 0.971. The Hall–Kier alpha value is -1.22. The molecule has 2 aromatic rings. The SMILES string of the molecule is Fc1cc(F)c2nc(C3CC3)cc(Cl)c2c1. The fraction of sp³-hybridized carbons (Fsp3) is 0.250. The summed E-state index contributed by atoms with van der Waals surface area (Å²) in [7, 11) is 0. The zero-order valence-electron chi connectivity index (χ0n) is 8.30.